The molecular formula is C7H10N4. The Kier molecular flexibility index (Phi) is 1.47. The lowest BCUT2D eigenvalue weighted by atomic mass is 10.3. The molecule has 0 atom stereocenters. The number of hydrogen-bond acceptors (Lipinski definition) is 4. The highest BCUT2D eigenvalue weighted by atomic mass is 15.3. The molecule has 0 bridgehead atoms. The fourth-order valence-electron chi connectivity index (χ4n) is 1.38. The van der Waals surface area contributed by atoms with Crippen molar-refractivity contribution in [2.45, 2.75) is 19.3 Å². The molecule has 0 fully saturated rings. The van der Waals surface area contributed by atoms with E-state index in [0.29, 0.717) is 5.95 Å². The third kappa shape index (κ3) is 1.05. The number of fused-ring (bicyclic) bond motifs is 1. The first kappa shape index (κ1) is 6.54. The summed E-state index contributed by atoms with van der Waals surface area (Å²) < 4.78 is 0. The van der Waals surface area contributed by atoms with E-state index in [0.717, 1.165) is 18.5 Å². The van der Waals surface area contributed by atoms with Gasteiger partial charge in [0.1, 0.15) is 0 Å². The molecule has 3 N–H and O–H groups in total. The second-order valence-electron chi connectivity index (χ2n) is 2.66. The molecule has 0 amide bonds. The Bertz CT molecular complexity index is 271. The van der Waals surface area contributed by atoms with Gasteiger partial charge in [-0.25, -0.2) is 15.8 Å². The van der Waals surface area contributed by atoms with E-state index < -0.39 is 0 Å². The van der Waals surface area contributed by atoms with Crippen molar-refractivity contribution in [3.63, 3.8) is 0 Å². The minimum atomic E-state index is 0.519. The first-order valence-corrected chi connectivity index (χ1v) is 3.71. The highest BCUT2D eigenvalue weighted by Crippen LogP contribution is 2.19. The maximum absolute atomic E-state index is 5.17. The van der Waals surface area contributed by atoms with Crippen molar-refractivity contribution in [3.8, 4) is 0 Å². The van der Waals surface area contributed by atoms with Crippen LogP contribution in [0.1, 0.15) is 17.7 Å². The van der Waals surface area contributed by atoms with Gasteiger partial charge in [0.25, 0.3) is 0 Å². The summed E-state index contributed by atoms with van der Waals surface area (Å²) in [6, 6.07) is 0. The van der Waals surface area contributed by atoms with Gasteiger partial charge in [0.2, 0.25) is 5.95 Å². The normalized spacial score (nSPS) is 14.6. The highest BCUT2D eigenvalue weighted by molar-refractivity contribution is 5.30. The molecule has 0 radical (unpaired) electrons. The lowest BCUT2D eigenvalue weighted by molar-refractivity contribution is 0.899. The lowest BCUT2D eigenvalue weighted by Gasteiger charge is -2.00. The molecule has 0 aliphatic heterocycles. The quantitative estimate of drug-likeness (QED) is 0.445. The largest absolute Gasteiger partial charge is 0.292 e. The van der Waals surface area contributed by atoms with Crippen LogP contribution in [-0.4, -0.2) is 9.97 Å². The van der Waals surface area contributed by atoms with Crippen molar-refractivity contribution in [2.75, 3.05) is 5.43 Å². The van der Waals surface area contributed by atoms with Crippen LogP contribution in [0.15, 0.2) is 6.20 Å². The Morgan fingerprint density at radius 1 is 1.45 bits per heavy atom. The molecule has 1 aromatic heterocycles. The minimum absolute atomic E-state index is 0.519. The van der Waals surface area contributed by atoms with Gasteiger partial charge in [-0.15, -0.1) is 0 Å². The molecule has 58 valence electrons. The maximum atomic E-state index is 5.17. The fourth-order valence-corrected chi connectivity index (χ4v) is 1.38. The van der Waals surface area contributed by atoms with Crippen LogP contribution in [0.2, 0.25) is 0 Å². The molecule has 1 aliphatic rings. The van der Waals surface area contributed by atoms with E-state index in [1.807, 2.05) is 6.20 Å². The van der Waals surface area contributed by atoms with Gasteiger partial charge >= 0.3 is 0 Å². The number of aryl methyl sites for hydroxylation is 2. The average molecular weight is 150 g/mol. The second kappa shape index (κ2) is 2.47. The number of nitrogens with zero attached hydrogens (tertiary/aromatic N) is 2. The van der Waals surface area contributed by atoms with E-state index in [1.54, 1.807) is 0 Å². The number of nitrogens with two attached hydrogens (primary N) is 1. The third-order valence-electron chi connectivity index (χ3n) is 1.94. The molecule has 0 aromatic carbocycles. The molecule has 1 aliphatic carbocycles. The van der Waals surface area contributed by atoms with Crippen molar-refractivity contribution < 1.29 is 0 Å². The number of rotatable bonds is 1. The third-order valence-corrected chi connectivity index (χ3v) is 1.94. The van der Waals surface area contributed by atoms with Gasteiger partial charge in [0, 0.05) is 11.9 Å². The summed E-state index contributed by atoms with van der Waals surface area (Å²) in [4.78, 5) is 8.25. The Labute approximate surface area is 64.8 Å². The molecule has 2 rings (SSSR count). The maximum Gasteiger partial charge on any atom is 0.237 e. The van der Waals surface area contributed by atoms with Crippen molar-refractivity contribution in [1.82, 2.24) is 9.97 Å². The molecule has 1 heterocycles. The molecule has 0 saturated carbocycles. The second-order valence-corrected chi connectivity index (χ2v) is 2.66. The van der Waals surface area contributed by atoms with E-state index in [9.17, 15) is 0 Å². The molecular weight excluding hydrogens is 140 g/mol. The predicted octanol–water partition coefficient (Wildman–Crippen LogP) is 0.251. The number of aromatic nitrogens is 2. The van der Waals surface area contributed by atoms with Gasteiger partial charge in [0.15, 0.2) is 0 Å². The zero-order valence-electron chi connectivity index (χ0n) is 6.17. The first-order valence-electron chi connectivity index (χ1n) is 3.71. The number of anilines is 1. The van der Waals surface area contributed by atoms with Gasteiger partial charge in [-0.2, -0.15) is 0 Å². The molecule has 4 heteroatoms. The van der Waals surface area contributed by atoms with Crippen LogP contribution in [-0.2, 0) is 12.8 Å². The minimum Gasteiger partial charge on any atom is -0.292 e. The fraction of sp³-hybridized carbons (Fsp3) is 0.429. The number of hydrogen-bond donors (Lipinski definition) is 2. The Balaban J connectivity index is 2.41. The SMILES string of the molecule is NNc1ncc2c(n1)CCC2. The Hall–Kier alpha value is -1.16. The van der Waals surface area contributed by atoms with Crippen molar-refractivity contribution in [1.29, 1.82) is 0 Å². The van der Waals surface area contributed by atoms with E-state index >= 15 is 0 Å². The van der Waals surface area contributed by atoms with Crippen LogP contribution in [0.25, 0.3) is 0 Å². The smallest absolute Gasteiger partial charge is 0.237 e. The van der Waals surface area contributed by atoms with Crippen LogP contribution >= 0.6 is 0 Å². The summed E-state index contributed by atoms with van der Waals surface area (Å²) in [5.41, 5.74) is 4.85. The van der Waals surface area contributed by atoms with Gasteiger partial charge in [-0.3, -0.25) is 5.43 Å². The first-order chi connectivity index (χ1) is 5.40. The summed E-state index contributed by atoms with van der Waals surface area (Å²) >= 11 is 0. The molecule has 0 unspecified atom stereocenters. The monoisotopic (exact) mass is 150 g/mol. The summed E-state index contributed by atoms with van der Waals surface area (Å²) in [5.74, 6) is 5.69. The summed E-state index contributed by atoms with van der Waals surface area (Å²) in [5, 5.41) is 0. The zero-order valence-corrected chi connectivity index (χ0v) is 6.17. The van der Waals surface area contributed by atoms with Crippen LogP contribution in [0.4, 0.5) is 5.95 Å². The van der Waals surface area contributed by atoms with Crippen molar-refractivity contribution in [2.24, 2.45) is 5.84 Å². The Morgan fingerprint density at radius 2 is 2.36 bits per heavy atom. The molecule has 0 saturated heterocycles. The summed E-state index contributed by atoms with van der Waals surface area (Å²) in [6.07, 6.45) is 5.22. The average Bonchev–Trinajstić information content (AvgIpc) is 2.50. The lowest BCUT2D eigenvalue weighted by Crippen LogP contribution is -2.11. The number of hydrazine groups is 1. The number of nitrogens with one attached hydrogen (secondary N) is 1. The van der Waals surface area contributed by atoms with E-state index in [-0.39, 0.29) is 0 Å². The molecule has 1 aromatic rings. The van der Waals surface area contributed by atoms with E-state index in [4.69, 9.17) is 5.84 Å². The topological polar surface area (TPSA) is 63.8 Å². The van der Waals surface area contributed by atoms with Crippen LogP contribution < -0.4 is 11.3 Å². The standard InChI is InChI=1S/C7H10N4/c8-11-7-9-4-5-2-1-3-6(5)10-7/h4H,1-3,8H2,(H,9,10,11). The van der Waals surface area contributed by atoms with Crippen LogP contribution in [0, 0.1) is 0 Å². The molecule has 0 spiro atoms. The van der Waals surface area contributed by atoms with Crippen LogP contribution in [0.5, 0.6) is 0 Å². The van der Waals surface area contributed by atoms with E-state index in [1.165, 1.54) is 12.0 Å². The zero-order chi connectivity index (χ0) is 7.68. The molecule has 4 nitrogen and oxygen atoms in total. The number of nitrogen functional groups attached to an aromatic ring is 1. The van der Waals surface area contributed by atoms with Crippen LogP contribution in [0.3, 0.4) is 0 Å². The van der Waals surface area contributed by atoms with Gasteiger partial charge in [-0.1, -0.05) is 0 Å². The Morgan fingerprint density at radius 3 is 3.18 bits per heavy atom. The van der Waals surface area contributed by atoms with Crippen molar-refractivity contribution in [3.05, 3.63) is 17.5 Å². The predicted molar refractivity (Wildman–Crippen MR) is 41.9 cm³/mol. The van der Waals surface area contributed by atoms with Gasteiger partial charge in [0.05, 0.1) is 0 Å². The highest BCUT2D eigenvalue weighted by Gasteiger charge is 2.12. The van der Waals surface area contributed by atoms with Gasteiger partial charge < -0.3 is 0 Å². The van der Waals surface area contributed by atoms with Gasteiger partial charge in [-0.05, 0) is 24.8 Å². The summed E-state index contributed by atoms with van der Waals surface area (Å²) in [6.45, 7) is 0. The molecule has 11 heavy (non-hydrogen) atoms. The van der Waals surface area contributed by atoms with Crippen molar-refractivity contribution >= 4 is 5.95 Å². The van der Waals surface area contributed by atoms with E-state index in [2.05, 4.69) is 15.4 Å². The summed E-state index contributed by atoms with van der Waals surface area (Å²) in [7, 11) is 0.